The number of aromatic carboxylic acids is 1. The van der Waals surface area contributed by atoms with E-state index in [1.54, 1.807) is 42.2 Å². The Kier molecular flexibility index (Phi) is 2.25. The molecule has 0 saturated carbocycles. The number of aryl methyl sites for hydroxylation is 1. The summed E-state index contributed by atoms with van der Waals surface area (Å²) in [5.74, 6) is -0.932. The predicted octanol–water partition coefficient (Wildman–Crippen LogP) is 1.88. The van der Waals surface area contributed by atoms with Gasteiger partial charge in [-0.3, -0.25) is 0 Å². The van der Waals surface area contributed by atoms with E-state index in [0.717, 1.165) is 5.56 Å². The van der Waals surface area contributed by atoms with Gasteiger partial charge >= 0.3 is 5.97 Å². The van der Waals surface area contributed by atoms with Gasteiger partial charge < -0.3 is 5.11 Å². The summed E-state index contributed by atoms with van der Waals surface area (Å²) in [6, 6.07) is 7.09. The van der Waals surface area contributed by atoms with Crippen LogP contribution in [0, 0.1) is 6.92 Å². The highest BCUT2D eigenvalue weighted by atomic mass is 16.4. The first kappa shape index (κ1) is 9.45. The molecule has 0 fully saturated rings. The molecule has 4 nitrogen and oxygen atoms in total. The summed E-state index contributed by atoms with van der Waals surface area (Å²) in [5, 5.41) is 13.1. The molecule has 0 saturated heterocycles. The molecule has 0 aliphatic rings. The maximum atomic E-state index is 11.1. The number of benzene rings is 1. The van der Waals surface area contributed by atoms with Crippen LogP contribution in [-0.2, 0) is 0 Å². The van der Waals surface area contributed by atoms with Gasteiger partial charge in [0.05, 0.1) is 11.3 Å². The number of hydrogen-bond donors (Lipinski definition) is 1. The van der Waals surface area contributed by atoms with E-state index in [2.05, 4.69) is 5.10 Å². The molecule has 0 atom stereocenters. The standard InChI is InChI=1S/C11H10N2O2/c1-8-4-2-5-9(10(8)11(14)15)13-7-3-6-12-13/h2-7H,1H3,(H,14,15). The van der Waals surface area contributed by atoms with Crippen LogP contribution in [0.4, 0.5) is 0 Å². The highest BCUT2D eigenvalue weighted by molar-refractivity contribution is 5.93. The number of hydrogen-bond acceptors (Lipinski definition) is 2. The molecule has 1 aromatic carbocycles. The van der Waals surface area contributed by atoms with Crippen molar-refractivity contribution in [1.82, 2.24) is 9.78 Å². The van der Waals surface area contributed by atoms with Gasteiger partial charge in [-0.15, -0.1) is 0 Å². The Balaban J connectivity index is 2.66. The summed E-state index contributed by atoms with van der Waals surface area (Å²) in [5.41, 5.74) is 1.62. The van der Waals surface area contributed by atoms with Gasteiger partial charge in [0, 0.05) is 12.4 Å². The second-order valence-corrected chi connectivity index (χ2v) is 3.22. The molecule has 0 unspecified atom stereocenters. The number of carboxylic acids is 1. The summed E-state index contributed by atoms with van der Waals surface area (Å²) >= 11 is 0. The van der Waals surface area contributed by atoms with Crippen LogP contribution in [0.2, 0.25) is 0 Å². The van der Waals surface area contributed by atoms with Crippen LogP contribution in [0.25, 0.3) is 5.69 Å². The highest BCUT2D eigenvalue weighted by Gasteiger charge is 2.13. The van der Waals surface area contributed by atoms with Gasteiger partial charge in [-0.25, -0.2) is 9.48 Å². The third kappa shape index (κ3) is 1.61. The number of rotatable bonds is 2. The van der Waals surface area contributed by atoms with Crippen molar-refractivity contribution in [1.29, 1.82) is 0 Å². The summed E-state index contributed by atoms with van der Waals surface area (Å²) in [6.07, 6.45) is 3.34. The molecule has 2 rings (SSSR count). The smallest absolute Gasteiger partial charge is 0.338 e. The van der Waals surface area contributed by atoms with E-state index in [-0.39, 0.29) is 0 Å². The lowest BCUT2D eigenvalue weighted by molar-refractivity contribution is 0.0696. The Bertz CT molecular complexity index is 489. The summed E-state index contributed by atoms with van der Waals surface area (Å²) in [7, 11) is 0. The zero-order valence-electron chi connectivity index (χ0n) is 8.21. The number of carboxylic acid groups (broad SMARTS) is 1. The molecule has 0 radical (unpaired) electrons. The van der Waals surface area contributed by atoms with E-state index in [4.69, 9.17) is 5.11 Å². The Morgan fingerprint density at radius 3 is 2.80 bits per heavy atom. The van der Waals surface area contributed by atoms with E-state index in [1.807, 2.05) is 6.07 Å². The summed E-state index contributed by atoms with van der Waals surface area (Å²) in [4.78, 5) is 11.1. The van der Waals surface area contributed by atoms with E-state index in [0.29, 0.717) is 11.3 Å². The first-order valence-corrected chi connectivity index (χ1v) is 4.53. The number of aromatic nitrogens is 2. The molecule has 0 amide bonds. The maximum absolute atomic E-state index is 11.1. The Morgan fingerprint density at radius 2 is 2.20 bits per heavy atom. The lowest BCUT2D eigenvalue weighted by Crippen LogP contribution is -2.07. The van der Waals surface area contributed by atoms with Crippen LogP contribution in [0.3, 0.4) is 0 Å². The highest BCUT2D eigenvalue weighted by Crippen LogP contribution is 2.17. The molecule has 0 bridgehead atoms. The van der Waals surface area contributed by atoms with Crippen LogP contribution < -0.4 is 0 Å². The normalized spacial score (nSPS) is 10.2. The third-order valence-electron chi connectivity index (χ3n) is 2.22. The fourth-order valence-corrected chi connectivity index (χ4v) is 1.53. The van der Waals surface area contributed by atoms with E-state index in [9.17, 15) is 4.79 Å². The fraction of sp³-hybridized carbons (Fsp3) is 0.0909. The van der Waals surface area contributed by atoms with Crippen molar-refractivity contribution >= 4 is 5.97 Å². The largest absolute Gasteiger partial charge is 0.478 e. The van der Waals surface area contributed by atoms with Crippen LogP contribution in [0.15, 0.2) is 36.7 Å². The fourth-order valence-electron chi connectivity index (χ4n) is 1.53. The zero-order chi connectivity index (χ0) is 10.8. The Labute approximate surface area is 86.8 Å². The molecular formula is C11H10N2O2. The molecular weight excluding hydrogens is 192 g/mol. The maximum Gasteiger partial charge on any atom is 0.338 e. The molecule has 0 spiro atoms. The van der Waals surface area contributed by atoms with E-state index < -0.39 is 5.97 Å². The summed E-state index contributed by atoms with van der Waals surface area (Å²) in [6.45, 7) is 1.77. The summed E-state index contributed by atoms with van der Waals surface area (Å²) < 4.78 is 1.55. The number of nitrogens with zero attached hydrogens (tertiary/aromatic N) is 2. The van der Waals surface area contributed by atoms with E-state index in [1.165, 1.54) is 0 Å². The second-order valence-electron chi connectivity index (χ2n) is 3.22. The average Bonchev–Trinajstić information content (AvgIpc) is 2.69. The molecule has 4 heteroatoms. The molecule has 76 valence electrons. The van der Waals surface area contributed by atoms with Crippen molar-refractivity contribution in [3.05, 3.63) is 47.8 Å². The monoisotopic (exact) mass is 202 g/mol. The van der Waals surface area contributed by atoms with E-state index >= 15 is 0 Å². The molecule has 2 aromatic rings. The van der Waals surface area contributed by atoms with Gasteiger partial charge in [0.25, 0.3) is 0 Å². The Morgan fingerprint density at radius 1 is 1.40 bits per heavy atom. The van der Waals surface area contributed by atoms with Gasteiger partial charge in [-0.1, -0.05) is 12.1 Å². The van der Waals surface area contributed by atoms with Gasteiger partial charge in [-0.2, -0.15) is 5.10 Å². The second kappa shape index (κ2) is 3.57. The van der Waals surface area contributed by atoms with Crippen LogP contribution >= 0.6 is 0 Å². The average molecular weight is 202 g/mol. The number of carbonyl (C=O) groups is 1. The van der Waals surface area contributed by atoms with Crippen LogP contribution in [0.5, 0.6) is 0 Å². The Hall–Kier alpha value is -2.10. The molecule has 0 aliphatic carbocycles. The van der Waals surface area contributed by atoms with Crippen LogP contribution in [0.1, 0.15) is 15.9 Å². The van der Waals surface area contributed by atoms with Crippen molar-refractivity contribution in [2.75, 3.05) is 0 Å². The molecule has 0 aliphatic heterocycles. The molecule has 15 heavy (non-hydrogen) atoms. The lowest BCUT2D eigenvalue weighted by Gasteiger charge is -2.08. The quantitative estimate of drug-likeness (QED) is 0.808. The minimum absolute atomic E-state index is 0.293. The van der Waals surface area contributed by atoms with Gasteiger partial charge in [0.2, 0.25) is 0 Å². The zero-order valence-corrected chi connectivity index (χ0v) is 8.21. The topological polar surface area (TPSA) is 55.1 Å². The predicted molar refractivity (Wildman–Crippen MR) is 55.3 cm³/mol. The van der Waals surface area contributed by atoms with Crippen molar-refractivity contribution in [3.8, 4) is 5.69 Å². The van der Waals surface area contributed by atoms with Gasteiger partial charge in [0.15, 0.2) is 0 Å². The molecule has 1 heterocycles. The third-order valence-corrected chi connectivity index (χ3v) is 2.22. The van der Waals surface area contributed by atoms with Crippen molar-refractivity contribution in [2.24, 2.45) is 0 Å². The van der Waals surface area contributed by atoms with Crippen molar-refractivity contribution in [2.45, 2.75) is 6.92 Å². The van der Waals surface area contributed by atoms with Gasteiger partial charge in [0.1, 0.15) is 0 Å². The minimum Gasteiger partial charge on any atom is -0.478 e. The lowest BCUT2D eigenvalue weighted by atomic mass is 10.1. The van der Waals surface area contributed by atoms with Crippen molar-refractivity contribution in [3.63, 3.8) is 0 Å². The SMILES string of the molecule is Cc1cccc(-n2cccn2)c1C(=O)O. The molecule has 1 aromatic heterocycles. The van der Waals surface area contributed by atoms with Crippen LogP contribution in [-0.4, -0.2) is 20.9 Å². The first-order chi connectivity index (χ1) is 7.20. The first-order valence-electron chi connectivity index (χ1n) is 4.53. The van der Waals surface area contributed by atoms with Crippen molar-refractivity contribution < 1.29 is 9.90 Å². The van der Waals surface area contributed by atoms with Gasteiger partial charge in [-0.05, 0) is 24.6 Å². The minimum atomic E-state index is -0.932. The molecule has 1 N–H and O–H groups in total.